The van der Waals surface area contributed by atoms with Gasteiger partial charge in [0.2, 0.25) is 0 Å². The Morgan fingerprint density at radius 3 is 2.49 bits per heavy atom. The molecule has 1 unspecified atom stereocenters. The summed E-state index contributed by atoms with van der Waals surface area (Å²) >= 11 is 6.28. The van der Waals surface area contributed by atoms with Crippen molar-refractivity contribution in [3.8, 4) is 23.0 Å². The number of allylic oxidation sites excluding steroid dienone is 1. The zero-order chi connectivity index (χ0) is 24.5. The fourth-order valence-electron chi connectivity index (χ4n) is 4.92. The third kappa shape index (κ3) is 4.97. The summed E-state index contributed by atoms with van der Waals surface area (Å²) in [4.78, 5) is 2.42. The standard InChI is InChI=1S/C29H30ClNO4/c1-3-19-16-31(17-19)10-11-34-25-7-4-20(5-8-25)29-28(21-12-22(30)14-24(33)13-21)18(2)26-15-23(32)6-9-27(26)35-29/h4-9,12-15,19,29,32-33H,3,10-11,16-17H2,1-2H3. The van der Waals surface area contributed by atoms with Gasteiger partial charge in [0, 0.05) is 35.8 Å². The molecular formula is C29H30ClNO4. The van der Waals surface area contributed by atoms with Crippen molar-refractivity contribution in [3.63, 3.8) is 0 Å². The second-order valence-corrected chi connectivity index (χ2v) is 9.80. The third-order valence-electron chi connectivity index (χ3n) is 6.94. The van der Waals surface area contributed by atoms with Crippen LogP contribution in [-0.4, -0.2) is 41.4 Å². The molecule has 3 aromatic rings. The zero-order valence-electron chi connectivity index (χ0n) is 20.0. The van der Waals surface area contributed by atoms with Crippen molar-refractivity contribution >= 4 is 22.7 Å². The fraction of sp³-hybridized carbons (Fsp3) is 0.310. The molecule has 1 atom stereocenters. The van der Waals surface area contributed by atoms with E-state index in [9.17, 15) is 10.2 Å². The van der Waals surface area contributed by atoms with E-state index in [1.807, 2.05) is 37.3 Å². The predicted molar refractivity (Wildman–Crippen MR) is 139 cm³/mol. The molecule has 0 spiro atoms. The van der Waals surface area contributed by atoms with Crippen molar-refractivity contribution < 1.29 is 19.7 Å². The Morgan fingerprint density at radius 1 is 1.00 bits per heavy atom. The molecule has 182 valence electrons. The van der Waals surface area contributed by atoms with Gasteiger partial charge in [0.1, 0.15) is 35.7 Å². The summed E-state index contributed by atoms with van der Waals surface area (Å²) in [7, 11) is 0. The van der Waals surface area contributed by atoms with Gasteiger partial charge >= 0.3 is 0 Å². The molecule has 35 heavy (non-hydrogen) atoms. The second-order valence-electron chi connectivity index (χ2n) is 9.37. The summed E-state index contributed by atoms with van der Waals surface area (Å²) < 4.78 is 12.4. The molecule has 1 fully saturated rings. The molecule has 5 nitrogen and oxygen atoms in total. The van der Waals surface area contributed by atoms with E-state index in [2.05, 4.69) is 11.8 Å². The highest BCUT2D eigenvalue weighted by atomic mass is 35.5. The number of nitrogens with zero attached hydrogens (tertiary/aromatic N) is 1. The minimum Gasteiger partial charge on any atom is -0.508 e. The van der Waals surface area contributed by atoms with E-state index in [1.165, 1.54) is 25.6 Å². The summed E-state index contributed by atoms with van der Waals surface area (Å²) in [5, 5.41) is 20.7. The van der Waals surface area contributed by atoms with Crippen LogP contribution in [0.15, 0.2) is 60.7 Å². The van der Waals surface area contributed by atoms with Gasteiger partial charge in [-0.2, -0.15) is 0 Å². The Balaban J connectivity index is 1.40. The minimum atomic E-state index is -0.411. The van der Waals surface area contributed by atoms with Crippen molar-refractivity contribution in [3.05, 3.63) is 82.4 Å². The molecule has 2 aliphatic rings. The number of phenols is 2. The summed E-state index contributed by atoms with van der Waals surface area (Å²) in [5.74, 6) is 2.62. The van der Waals surface area contributed by atoms with Crippen LogP contribution < -0.4 is 9.47 Å². The zero-order valence-corrected chi connectivity index (χ0v) is 20.8. The van der Waals surface area contributed by atoms with Crippen LogP contribution >= 0.6 is 11.6 Å². The van der Waals surface area contributed by atoms with E-state index in [1.54, 1.807) is 24.3 Å². The first-order valence-corrected chi connectivity index (χ1v) is 12.4. The SMILES string of the molecule is CCC1CN(CCOc2ccc(C3Oc4ccc(O)cc4C(C)=C3c3cc(O)cc(Cl)c3)cc2)C1. The highest BCUT2D eigenvalue weighted by molar-refractivity contribution is 6.31. The predicted octanol–water partition coefficient (Wildman–Crippen LogP) is 6.54. The molecule has 1 saturated heterocycles. The molecule has 0 saturated carbocycles. The summed E-state index contributed by atoms with van der Waals surface area (Å²) in [6.07, 6.45) is 0.837. The highest BCUT2D eigenvalue weighted by Gasteiger charge is 2.30. The van der Waals surface area contributed by atoms with Gasteiger partial charge in [-0.1, -0.05) is 37.1 Å². The van der Waals surface area contributed by atoms with E-state index < -0.39 is 6.10 Å². The molecule has 0 bridgehead atoms. The number of rotatable bonds is 7. The van der Waals surface area contributed by atoms with Gasteiger partial charge in [0.15, 0.2) is 0 Å². The molecule has 2 aliphatic heterocycles. The smallest absolute Gasteiger partial charge is 0.150 e. The van der Waals surface area contributed by atoms with Crippen molar-refractivity contribution in [2.24, 2.45) is 5.92 Å². The van der Waals surface area contributed by atoms with Crippen LogP contribution in [0.2, 0.25) is 5.02 Å². The van der Waals surface area contributed by atoms with Gasteiger partial charge < -0.3 is 19.7 Å². The van der Waals surface area contributed by atoms with Crippen LogP contribution in [0.1, 0.15) is 43.1 Å². The average molecular weight is 492 g/mol. The van der Waals surface area contributed by atoms with E-state index in [0.29, 0.717) is 17.4 Å². The number of halogens is 1. The molecule has 3 aromatic carbocycles. The lowest BCUT2D eigenvalue weighted by Crippen LogP contribution is -2.47. The first-order chi connectivity index (χ1) is 16.9. The molecule has 2 heterocycles. The Kier molecular flexibility index (Phi) is 6.63. The summed E-state index contributed by atoms with van der Waals surface area (Å²) in [6.45, 7) is 8.19. The van der Waals surface area contributed by atoms with Gasteiger partial charge in [-0.15, -0.1) is 0 Å². The normalized spacial score (nSPS) is 18.1. The topological polar surface area (TPSA) is 62.2 Å². The van der Waals surface area contributed by atoms with Crippen LogP contribution in [0.5, 0.6) is 23.0 Å². The van der Waals surface area contributed by atoms with Gasteiger partial charge in [-0.3, -0.25) is 4.90 Å². The van der Waals surface area contributed by atoms with Gasteiger partial charge in [-0.25, -0.2) is 0 Å². The van der Waals surface area contributed by atoms with Crippen molar-refractivity contribution in [1.82, 2.24) is 4.90 Å². The highest BCUT2D eigenvalue weighted by Crippen LogP contribution is 2.48. The lowest BCUT2D eigenvalue weighted by atomic mass is 9.86. The van der Waals surface area contributed by atoms with Crippen LogP contribution in [-0.2, 0) is 0 Å². The molecule has 5 rings (SSSR count). The number of fused-ring (bicyclic) bond motifs is 1. The largest absolute Gasteiger partial charge is 0.508 e. The molecule has 2 N–H and O–H groups in total. The van der Waals surface area contributed by atoms with E-state index in [0.717, 1.165) is 46.0 Å². The van der Waals surface area contributed by atoms with Crippen molar-refractivity contribution in [2.75, 3.05) is 26.2 Å². The minimum absolute atomic E-state index is 0.0875. The maximum atomic E-state index is 10.2. The Morgan fingerprint density at radius 2 is 1.77 bits per heavy atom. The van der Waals surface area contributed by atoms with Crippen molar-refractivity contribution in [1.29, 1.82) is 0 Å². The van der Waals surface area contributed by atoms with Crippen LogP contribution in [0, 0.1) is 5.92 Å². The van der Waals surface area contributed by atoms with Gasteiger partial charge in [0.25, 0.3) is 0 Å². The molecule has 0 amide bonds. The average Bonchev–Trinajstić information content (AvgIpc) is 2.80. The number of ether oxygens (including phenoxy) is 2. The molecule has 0 aliphatic carbocycles. The molecular weight excluding hydrogens is 462 g/mol. The number of phenolic OH excluding ortho intramolecular Hbond substituents is 2. The number of hydrogen-bond donors (Lipinski definition) is 2. The number of aromatic hydroxyl groups is 2. The lowest BCUT2D eigenvalue weighted by Gasteiger charge is -2.38. The Hall–Kier alpha value is -3.15. The maximum absolute atomic E-state index is 10.2. The lowest BCUT2D eigenvalue weighted by molar-refractivity contribution is 0.0806. The summed E-state index contributed by atoms with van der Waals surface area (Å²) in [6, 6.07) is 18.1. The number of benzene rings is 3. The van der Waals surface area contributed by atoms with Crippen LogP contribution in [0.25, 0.3) is 11.1 Å². The Labute approximate surface area is 211 Å². The third-order valence-corrected chi connectivity index (χ3v) is 7.16. The van der Waals surface area contributed by atoms with Crippen LogP contribution in [0.3, 0.4) is 0 Å². The number of hydrogen-bond acceptors (Lipinski definition) is 5. The van der Waals surface area contributed by atoms with Gasteiger partial charge in [-0.05, 0) is 78.1 Å². The number of likely N-dealkylation sites (tertiary alicyclic amines) is 1. The molecule has 0 aromatic heterocycles. The van der Waals surface area contributed by atoms with E-state index in [4.69, 9.17) is 21.1 Å². The second kappa shape index (κ2) is 9.84. The molecule has 6 heteroatoms. The molecule has 0 radical (unpaired) electrons. The fourth-order valence-corrected chi connectivity index (χ4v) is 5.15. The van der Waals surface area contributed by atoms with Crippen LogP contribution in [0.4, 0.5) is 0 Å². The first-order valence-electron chi connectivity index (χ1n) is 12.1. The monoisotopic (exact) mass is 491 g/mol. The van der Waals surface area contributed by atoms with Gasteiger partial charge in [0.05, 0.1) is 0 Å². The Bertz CT molecular complexity index is 1230. The maximum Gasteiger partial charge on any atom is 0.150 e. The quantitative estimate of drug-likeness (QED) is 0.393. The van der Waals surface area contributed by atoms with E-state index >= 15 is 0 Å². The van der Waals surface area contributed by atoms with E-state index in [-0.39, 0.29) is 11.5 Å². The summed E-state index contributed by atoms with van der Waals surface area (Å²) in [5.41, 5.74) is 4.38. The first kappa shape index (κ1) is 23.6. The van der Waals surface area contributed by atoms with Crippen molar-refractivity contribution in [2.45, 2.75) is 26.4 Å².